The van der Waals surface area contributed by atoms with E-state index in [1.807, 2.05) is 0 Å². The quantitative estimate of drug-likeness (QED) is 0.911. The van der Waals surface area contributed by atoms with Crippen molar-refractivity contribution in [3.8, 4) is 0 Å². The molecule has 0 radical (unpaired) electrons. The van der Waals surface area contributed by atoms with Crippen LogP contribution in [0.4, 0.5) is 5.13 Å². The molecule has 102 valence electrons. The molecule has 1 aliphatic rings. The summed E-state index contributed by atoms with van der Waals surface area (Å²) in [5.41, 5.74) is 1.04. The summed E-state index contributed by atoms with van der Waals surface area (Å²) in [6, 6.07) is 0.551. The van der Waals surface area contributed by atoms with Crippen LogP contribution in [0.1, 0.15) is 51.1 Å². The molecule has 1 aliphatic carbocycles. The minimum absolute atomic E-state index is 0.00350. The lowest BCUT2D eigenvalue weighted by Crippen LogP contribution is -2.30. The molecule has 0 saturated heterocycles. The van der Waals surface area contributed by atoms with Crippen LogP contribution in [0.15, 0.2) is 0 Å². The van der Waals surface area contributed by atoms with Gasteiger partial charge in [-0.2, -0.15) is 0 Å². The first-order chi connectivity index (χ1) is 8.34. The number of hydrogen-bond donors (Lipinski definition) is 1. The van der Waals surface area contributed by atoms with Gasteiger partial charge in [0, 0.05) is 18.5 Å². The number of rotatable bonds is 4. The van der Waals surface area contributed by atoms with Gasteiger partial charge in [-0.05, 0) is 25.7 Å². The van der Waals surface area contributed by atoms with Crippen molar-refractivity contribution in [2.45, 2.75) is 58.6 Å². The monoisotopic (exact) mass is 268 g/mol. The van der Waals surface area contributed by atoms with Crippen LogP contribution in [0.5, 0.6) is 0 Å². The maximum atomic E-state index is 9.49. The molecule has 0 aromatic carbocycles. The molecule has 1 saturated carbocycles. The van der Waals surface area contributed by atoms with Gasteiger partial charge in [0.25, 0.3) is 0 Å². The fourth-order valence-corrected chi connectivity index (χ4v) is 3.43. The summed E-state index contributed by atoms with van der Waals surface area (Å²) in [6.07, 6.45) is 2.69. The molecule has 0 spiro atoms. The highest BCUT2D eigenvalue weighted by molar-refractivity contribution is 7.15. The minimum atomic E-state index is -0.00350. The minimum Gasteiger partial charge on any atom is -0.391 e. The highest BCUT2D eigenvalue weighted by Gasteiger charge is 2.32. The van der Waals surface area contributed by atoms with Gasteiger partial charge in [-0.3, -0.25) is 0 Å². The van der Waals surface area contributed by atoms with Crippen molar-refractivity contribution in [1.29, 1.82) is 0 Å². The Morgan fingerprint density at radius 3 is 2.44 bits per heavy atom. The van der Waals surface area contributed by atoms with Crippen molar-refractivity contribution in [3.05, 3.63) is 10.6 Å². The van der Waals surface area contributed by atoms with Gasteiger partial charge in [-0.25, -0.2) is 4.98 Å². The summed E-state index contributed by atoms with van der Waals surface area (Å²) >= 11 is 1.63. The summed E-state index contributed by atoms with van der Waals surface area (Å²) < 4.78 is 0. The Labute approximate surface area is 114 Å². The van der Waals surface area contributed by atoms with Crippen LogP contribution < -0.4 is 4.90 Å². The summed E-state index contributed by atoms with van der Waals surface area (Å²) in [7, 11) is 2.12. The van der Waals surface area contributed by atoms with Gasteiger partial charge in [-0.1, -0.05) is 32.1 Å². The number of nitrogens with zero attached hydrogens (tertiary/aromatic N) is 2. The largest absolute Gasteiger partial charge is 0.391 e. The summed E-state index contributed by atoms with van der Waals surface area (Å²) in [4.78, 5) is 8.05. The standard InChI is InChI=1S/C14H24N2OS/c1-9(10-6-7-10)16(5)13-15-12(14(2,3)4)11(8-17)18-13/h9-10,17H,6-8H2,1-5H3. The fraction of sp³-hybridized carbons (Fsp3) is 0.786. The number of hydrogen-bond acceptors (Lipinski definition) is 4. The second kappa shape index (κ2) is 4.82. The van der Waals surface area contributed by atoms with E-state index < -0.39 is 0 Å². The second-order valence-electron chi connectivity index (χ2n) is 6.37. The molecule has 1 N–H and O–H groups in total. The van der Waals surface area contributed by atoms with Crippen molar-refractivity contribution in [3.63, 3.8) is 0 Å². The number of aromatic nitrogens is 1. The second-order valence-corrected chi connectivity index (χ2v) is 7.43. The molecule has 0 aliphatic heterocycles. The van der Waals surface area contributed by atoms with E-state index in [0.29, 0.717) is 6.04 Å². The molecule has 2 rings (SSSR count). The van der Waals surface area contributed by atoms with Gasteiger partial charge in [0.05, 0.1) is 17.2 Å². The Bertz CT molecular complexity index is 418. The molecule has 1 atom stereocenters. The Kier molecular flexibility index (Phi) is 3.70. The van der Waals surface area contributed by atoms with Crippen LogP contribution in [-0.2, 0) is 12.0 Å². The number of thiazole rings is 1. The first-order valence-corrected chi connectivity index (χ1v) is 7.50. The van der Waals surface area contributed by atoms with E-state index in [4.69, 9.17) is 4.98 Å². The number of aliphatic hydroxyl groups excluding tert-OH is 1. The molecular weight excluding hydrogens is 244 g/mol. The molecule has 18 heavy (non-hydrogen) atoms. The van der Waals surface area contributed by atoms with Gasteiger partial charge < -0.3 is 10.0 Å². The number of aliphatic hydroxyl groups is 1. The van der Waals surface area contributed by atoms with E-state index in [0.717, 1.165) is 21.6 Å². The first kappa shape index (κ1) is 13.8. The van der Waals surface area contributed by atoms with Gasteiger partial charge in [-0.15, -0.1) is 0 Å². The Morgan fingerprint density at radius 2 is 2.06 bits per heavy atom. The fourth-order valence-electron chi connectivity index (χ4n) is 2.25. The lowest BCUT2D eigenvalue weighted by Gasteiger charge is -2.24. The summed E-state index contributed by atoms with van der Waals surface area (Å²) in [5, 5.41) is 10.5. The van der Waals surface area contributed by atoms with Crippen LogP contribution in [0, 0.1) is 5.92 Å². The van der Waals surface area contributed by atoms with E-state index in [9.17, 15) is 5.11 Å². The number of anilines is 1. The zero-order valence-corrected chi connectivity index (χ0v) is 12.8. The third-order valence-electron chi connectivity index (χ3n) is 3.76. The molecule has 1 unspecified atom stereocenters. The van der Waals surface area contributed by atoms with E-state index >= 15 is 0 Å². The van der Waals surface area contributed by atoms with Crippen LogP contribution in [-0.4, -0.2) is 23.2 Å². The summed E-state index contributed by atoms with van der Waals surface area (Å²) in [6.45, 7) is 8.81. The molecule has 0 bridgehead atoms. The van der Waals surface area contributed by atoms with E-state index in [2.05, 4.69) is 39.6 Å². The molecule has 1 aromatic heterocycles. The molecule has 3 nitrogen and oxygen atoms in total. The molecule has 4 heteroatoms. The van der Waals surface area contributed by atoms with Crippen LogP contribution >= 0.6 is 11.3 Å². The third kappa shape index (κ3) is 2.69. The smallest absolute Gasteiger partial charge is 0.185 e. The normalized spacial score (nSPS) is 17.9. The zero-order valence-electron chi connectivity index (χ0n) is 12.0. The predicted molar refractivity (Wildman–Crippen MR) is 77.3 cm³/mol. The predicted octanol–water partition coefficient (Wildman–Crippen LogP) is 3.17. The van der Waals surface area contributed by atoms with E-state index in [1.165, 1.54) is 12.8 Å². The van der Waals surface area contributed by atoms with Crippen molar-refractivity contribution in [2.75, 3.05) is 11.9 Å². The topological polar surface area (TPSA) is 36.4 Å². The van der Waals surface area contributed by atoms with Gasteiger partial charge in [0.2, 0.25) is 0 Å². The third-order valence-corrected chi connectivity index (χ3v) is 4.89. The SMILES string of the molecule is CC(C1CC1)N(C)c1nc(C(C)(C)C)c(CO)s1. The van der Waals surface area contributed by atoms with Crippen molar-refractivity contribution < 1.29 is 5.11 Å². The molecule has 1 aromatic rings. The van der Waals surface area contributed by atoms with Crippen LogP contribution in [0.3, 0.4) is 0 Å². The Hall–Kier alpha value is -0.610. The molecule has 1 heterocycles. The van der Waals surface area contributed by atoms with Crippen LogP contribution in [0.2, 0.25) is 0 Å². The molecule has 0 amide bonds. The van der Waals surface area contributed by atoms with Crippen molar-refractivity contribution in [2.24, 2.45) is 5.92 Å². The highest BCUT2D eigenvalue weighted by Crippen LogP contribution is 2.39. The molecule has 1 fully saturated rings. The van der Waals surface area contributed by atoms with Crippen molar-refractivity contribution in [1.82, 2.24) is 4.98 Å². The maximum Gasteiger partial charge on any atom is 0.185 e. The summed E-state index contributed by atoms with van der Waals surface area (Å²) in [5.74, 6) is 0.828. The zero-order chi connectivity index (χ0) is 13.5. The Balaban J connectivity index is 2.26. The molecular formula is C14H24N2OS. The lowest BCUT2D eigenvalue weighted by atomic mass is 9.91. The first-order valence-electron chi connectivity index (χ1n) is 6.68. The highest BCUT2D eigenvalue weighted by atomic mass is 32.1. The van der Waals surface area contributed by atoms with Gasteiger partial charge >= 0.3 is 0 Å². The Morgan fingerprint density at radius 1 is 1.44 bits per heavy atom. The van der Waals surface area contributed by atoms with Crippen molar-refractivity contribution >= 4 is 16.5 Å². The lowest BCUT2D eigenvalue weighted by molar-refractivity contribution is 0.282. The van der Waals surface area contributed by atoms with Gasteiger partial charge in [0.15, 0.2) is 5.13 Å². The van der Waals surface area contributed by atoms with Gasteiger partial charge in [0.1, 0.15) is 0 Å². The van der Waals surface area contributed by atoms with E-state index in [-0.39, 0.29) is 12.0 Å². The average molecular weight is 268 g/mol. The van der Waals surface area contributed by atoms with E-state index in [1.54, 1.807) is 11.3 Å². The van der Waals surface area contributed by atoms with Crippen LogP contribution in [0.25, 0.3) is 0 Å². The maximum absolute atomic E-state index is 9.49. The average Bonchev–Trinajstić information content (AvgIpc) is 3.04.